The number of benzene rings is 3. The van der Waals surface area contributed by atoms with Gasteiger partial charge in [-0.05, 0) is 59.7 Å². The van der Waals surface area contributed by atoms with E-state index in [9.17, 15) is 0 Å². The van der Waals surface area contributed by atoms with Gasteiger partial charge in [-0.15, -0.1) is 11.8 Å². The Morgan fingerprint density at radius 1 is 0.697 bits per heavy atom. The van der Waals surface area contributed by atoms with E-state index in [4.69, 9.17) is 9.47 Å². The Labute approximate surface area is 201 Å². The van der Waals surface area contributed by atoms with E-state index in [1.807, 2.05) is 60.4 Å². The van der Waals surface area contributed by atoms with Crippen LogP contribution >= 0.6 is 11.8 Å². The number of nitrogens with zero attached hydrogens (tertiary/aromatic N) is 1. The van der Waals surface area contributed by atoms with E-state index >= 15 is 0 Å². The first-order valence-electron chi connectivity index (χ1n) is 11.1. The van der Waals surface area contributed by atoms with Crippen LogP contribution in [-0.2, 0) is 0 Å². The van der Waals surface area contributed by atoms with Crippen molar-refractivity contribution < 1.29 is 9.47 Å². The monoisotopic (exact) mass is 457 g/mol. The van der Waals surface area contributed by atoms with E-state index in [2.05, 4.69) is 67.4 Å². The van der Waals surface area contributed by atoms with Crippen LogP contribution < -0.4 is 9.47 Å². The number of hydrogen-bond acceptors (Lipinski definition) is 4. The third kappa shape index (κ3) is 6.87. The van der Waals surface area contributed by atoms with Crippen molar-refractivity contribution in [2.45, 2.75) is 30.4 Å². The van der Waals surface area contributed by atoms with Gasteiger partial charge in [-0.3, -0.25) is 4.98 Å². The summed E-state index contributed by atoms with van der Waals surface area (Å²) in [6, 6.07) is 31.1. The van der Waals surface area contributed by atoms with Crippen molar-refractivity contribution in [2.24, 2.45) is 0 Å². The minimum Gasteiger partial charge on any atom is -0.497 e. The lowest BCUT2D eigenvalue weighted by Crippen LogP contribution is -1.98. The topological polar surface area (TPSA) is 31.4 Å². The van der Waals surface area contributed by atoms with Crippen molar-refractivity contribution in [2.75, 3.05) is 14.2 Å². The predicted molar refractivity (Wildman–Crippen MR) is 139 cm³/mol. The van der Waals surface area contributed by atoms with E-state index in [0.29, 0.717) is 0 Å². The number of methoxy groups -OCH3 is 2. The molecule has 1 aromatic heterocycles. The van der Waals surface area contributed by atoms with Gasteiger partial charge in [-0.2, -0.15) is 0 Å². The highest BCUT2D eigenvalue weighted by molar-refractivity contribution is 7.99. The number of pyridine rings is 1. The normalized spacial score (nSPS) is 10.3. The van der Waals surface area contributed by atoms with E-state index in [1.165, 1.54) is 22.4 Å². The molecule has 0 radical (unpaired) electrons. The van der Waals surface area contributed by atoms with Crippen LogP contribution in [-0.4, -0.2) is 19.2 Å². The molecule has 0 saturated heterocycles. The second kappa shape index (κ2) is 12.7. The highest BCUT2D eigenvalue weighted by Gasteiger charge is 2.16. The lowest BCUT2D eigenvalue weighted by Gasteiger charge is -2.19. The van der Waals surface area contributed by atoms with Gasteiger partial charge < -0.3 is 9.47 Å². The second-order valence-corrected chi connectivity index (χ2v) is 8.67. The average Bonchev–Trinajstić information content (AvgIpc) is 2.89. The number of aromatic nitrogens is 1. The van der Waals surface area contributed by atoms with Crippen molar-refractivity contribution in [3.8, 4) is 22.8 Å². The Morgan fingerprint density at radius 3 is 1.64 bits per heavy atom. The van der Waals surface area contributed by atoms with Crippen molar-refractivity contribution in [3.05, 3.63) is 108 Å². The van der Waals surface area contributed by atoms with Crippen molar-refractivity contribution in [1.82, 2.24) is 4.98 Å². The summed E-state index contributed by atoms with van der Waals surface area (Å²) in [4.78, 5) is 5.64. The van der Waals surface area contributed by atoms with Gasteiger partial charge in [0.2, 0.25) is 0 Å². The second-order valence-electron chi connectivity index (χ2n) is 7.49. The summed E-state index contributed by atoms with van der Waals surface area (Å²) in [7, 11) is 3.38. The molecule has 4 aromatic rings. The van der Waals surface area contributed by atoms with Gasteiger partial charge in [0.1, 0.15) is 11.5 Å². The third-order valence-corrected chi connectivity index (χ3v) is 6.23. The molecular formula is C29H31NO2S. The fraction of sp³-hybridized carbons (Fsp3) is 0.207. The Morgan fingerprint density at radius 2 is 1.21 bits per heavy atom. The summed E-state index contributed by atoms with van der Waals surface area (Å²) >= 11 is 1.82. The standard InChI is InChI=1S/C26H23NO2S.C3H8/c1-28-22-12-6-20(7-13-22)26(21-8-14-23(29-2)15-9-21)30-24-16-10-19(11-17-24)25-5-3-4-18-27-25;1-3-2/h3-18,26H,1-2H3;3H2,1-2H3. The van der Waals surface area contributed by atoms with Crippen LogP contribution in [0.3, 0.4) is 0 Å². The molecule has 0 bridgehead atoms. The van der Waals surface area contributed by atoms with Crippen LogP contribution in [0.15, 0.2) is 102 Å². The number of rotatable bonds is 7. The first kappa shape index (κ1) is 24.4. The van der Waals surface area contributed by atoms with Crippen LogP contribution in [0.2, 0.25) is 0 Å². The molecule has 0 aliphatic heterocycles. The fourth-order valence-electron chi connectivity index (χ4n) is 3.26. The zero-order chi connectivity index (χ0) is 23.5. The van der Waals surface area contributed by atoms with Crippen LogP contribution in [0.25, 0.3) is 11.3 Å². The summed E-state index contributed by atoms with van der Waals surface area (Å²) in [5.74, 6) is 1.72. The van der Waals surface area contributed by atoms with Crippen LogP contribution in [0.5, 0.6) is 11.5 Å². The van der Waals surface area contributed by atoms with Gasteiger partial charge in [0.05, 0.1) is 25.2 Å². The zero-order valence-electron chi connectivity index (χ0n) is 19.7. The minimum absolute atomic E-state index is 0.155. The molecule has 0 spiro atoms. The molecule has 3 nitrogen and oxygen atoms in total. The molecule has 4 heteroatoms. The third-order valence-electron chi connectivity index (χ3n) is 4.91. The summed E-state index contributed by atoms with van der Waals surface area (Å²) in [5, 5.41) is 0.155. The molecule has 0 aliphatic carbocycles. The molecule has 1 heterocycles. The Bertz CT molecular complexity index is 1030. The molecule has 0 unspecified atom stereocenters. The highest BCUT2D eigenvalue weighted by atomic mass is 32.2. The zero-order valence-corrected chi connectivity index (χ0v) is 20.5. The summed E-state index contributed by atoms with van der Waals surface area (Å²) in [5.41, 5.74) is 4.54. The molecular weight excluding hydrogens is 426 g/mol. The Balaban J connectivity index is 0.000000968. The maximum atomic E-state index is 5.33. The number of hydrogen-bond donors (Lipinski definition) is 0. The molecule has 170 valence electrons. The average molecular weight is 458 g/mol. The van der Waals surface area contributed by atoms with Gasteiger partial charge in [-0.25, -0.2) is 0 Å². The molecule has 0 aliphatic rings. The summed E-state index contributed by atoms with van der Waals surface area (Å²) < 4.78 is 10.7. The van der Waals surface area contributed by atoms with E-state index in [0.717, 1.165) is 22.8 Å². The fourth-order valence-corrected chi connectivity index (χ4v) is 4.41. The van der Waals surface area contributed by atoms with Gasteiger partial charge in [-0.1, -0.05) is 62.7 Å². The van der Waals surface area contributed by atoms with Gasteiger partial charge >= 0.3 is 0 Å². The quantitative estimate of drug-likeness (QED) is 0.263. The van der Waals surface area contributed by atoms with Crippen LogP contribution in [0.1, 0.15) is 36.6 Å². The molecule has 0 N–H and O–H groups in total. The highest BCUT2D eigenvalue weighted by Crippen LogP contribution is 2.41. The van der Waals surface area contributed by atoms with E-state index in [1.54, 1.807) is 14.2 Å². The van der Waals surface area contributed by atoms with Crippen LogP contribution in [0.4, 0.5) is 0 Å². The van der Waals surface area contributed by atoms with Crippen molar-refractivity contribution in [1.29, 1.82) is 0 Å². The molecule has 33 heavy (non-hydrogen) atoms. The molecule has 4 rings (SSSR count). The first-order valence-corrected chi connectivity index (χ1v) is 12.0. The lowest BCUT2D eigenvalue weighted by molar-refractivity contribution is 0.414. The molecule has 0 fully saturated rings. The predicted octanol–water partition coefficient (Wildman–Crippen LogP) is 8.06. The summed E-state index contributed by atoms with van der Waals surface area (Å²) in [6.07, 6.45) is 3.07. The van der Waals surface area contributed by atoms with Gasteiger partial charge in [0.15, 0.2) is 0 Å². The summed E-state index contributed by atoms with van der Waals surface area (Å²) in [6.45, 7) is 4.25. The number of ether oxygens (including phenoxy) is 2. The first-order chi connectivity index (χ1) is 16.2. The molecule has 0 atom stereocenters. The maximum Gasteiger partial charge on any atom is 0.118 e. The Hall–Kier alpha value is -3.24. The SMILES string of the molecule is CCC.COc1ccc(C(Sc2ccc(-c3ccccn3)cc2)c2ccc(OC)cc2)cc1. The Kier molecular flexibility index (Phi) is 9.40. The maximum absolute atomic E-state index is 5.33. The molecule has 3 aromatic carbocycles. The minimum atomic E-state index is 0.155. The smallest absolute Gasteiger partial charge is 0.118 e. The van der Waals surface area contributed by atoms with Crippen LogP contribution in [0, 0.1) is 0 Å². The molecule has 0 saturated carbocycles. The van der Waals surface area contributed by atoms with Crippen molar-refractivity contribution in [3.63, 3.8) is 0 Å². The largest absolute Gasteiger partial charge is 0.497 e. The van der Waals surface area contributed by atoms with Gasteiger partial charge in [0, 0.05) is 16.7 Å². The molecule has 0 amide bonds. The lowest BCUT2D eigenvalue weighted by atomic mass is 10.0. The number of thioether (sulfide) groups is 1. The van der Waals surface area contributed by atoms with Gasteiger partial charge in [0.25, 0.3) is 0 Å². The van der Waals surface area contributed by atoms with E-state index < -0.39 is 0 Å². The van der Waals surface area contributed by atoms with Crippen molar-refractivity contribution >= 4 is 11.8 Å². The van der Waals surface area contributed by atoms with E-state index in [-0.39, 0.29) is 5.25 Å².